The zero-order chi connectivity index (χ0) is 27.2. The lowest BCUT2D eigenvalue weighted by Crippen LogP contribution is -2.16. The average molecular weight is 543 g/mol. The normalized spacial score (nSPS) is 11.8. The third kappa shape index (κ3) is 4.97. The smallest absolute Gasteiger partial charge is 0.317 e. The largest absolute Gasteiger partial charge is 0.433 e. The van der Waals surface area contributed by atoms with Gasteiger partial charge in [-0.15, -0.1) is 0 Å². The molecule has 0 fully saturated rings. The summed E-state index contributed by atoms with van der Waals surface area (Å²) in [5.74, 6) is -1.07. The number of hydrogen-bond donors (Lipinski definition) is 1. The maximum atomic E-state index is 13.9. The van der Waals surface area contributed by atoms with E-state index >= 15 is 0 Å². The monoisotopic (exact) mass is 542 g/mol. The second kappa shape index (κ2) is 9.56. The zero-order valence-corrected chi connectivity index (χ0v) is 20.8. The molecule has 0 unspecified atom stereocenters. The first-order valence-corrected chi connectivity index (χ1v) is 11.7. The van der Waals surface area contributed by atoms with E-state index in [0.717, 1.165) is 11.6 Å². The van der Waals surface area contributed by atoms with Gasteiger partial charge in [-0.05, 0) is 49.7 Å². The van der Waals surface area contributed by atoms with Crippen molar-refractivity contribution in [1.82, 2.24) is 24.4 Å². The van der Waals surface area contributed by atoms with Crippen LogP contribution in [0.2, 0.25) is 5.02 Å². The predicted octanol–water partition coefficient (Wildman–Crippen LogP) is 6.32. The van der Waals surface area contributed by atoms with E-state index in [2.05, 4.69) is 20.5 Å². The van der Waals surface area contributed by atoms with Gasteiger partial charge >= 0.3 is 6.18 Å². The van der Waals surface area contributed by atoms with Gasteiger partial charge in [0.1, 0.15) is 5.82 Å². The van der Waals surface area contributed by atoms with Crippen molar-refractivity contribution in [2.24, 2.45) is 0 Å². The number of amides is 1. The number of anilines is 1. The van der Waals surface area contributed by atoms with Crippen molar-refractivity contribution in [2.45, 2.75) is 26.6 Å². The first-order chi connectivity index (χ1) is 18.0. The van der Waals surface area contributed by atoms with Crippen LogP contribution in [-0.4, -0.2) is 30.3 Å². The summed E-state index contributed by atoms with van der Waals surface area (Å²) in [5, 5.41) is 11.5. The number of alkyl halides is 3. The predicted molar refractivity (Wildman–Crippen MR) is 134 cm³/mol. The summed E-state index contributed by atoms with van der Waals surface area (Å²) < 4.78 is 57.2. The number of fused-ring (bicyclic) bond motifs is 1. The fraction of sp³-hybridized carbons (Fsp3) is 0.154. The molecule has 1 amide bonds. The van der Waals surface area contributed by atoms with Crippen LogP contribution in [0.25, 0.3) is 16.9 Å². The van der Waals surface area contributed by atoms with Crippen molar-refractivity contribution in [1.29, 1.82) is 0 Å². The minimum atomic E-state index is -4.75. The summed E-state index contributed by atoms with van der Waals surface area (Å²) in [6.07, 6.45) is -4.75. The standard InChI is InChI=1S/C26H19ClF4N6O/c1-14-24(15(2)36(34-14)13-16-3-9-19(28)10-4-16)33-25(38)21-12-23-32-20(17-5-7-18(27)8-6-17)11-22(26(29,30)31)37(23)35-21/h3-12H,13H2,1-2H3,(H,33,38). The van der Waals surface area contributed by atoms with Crippen molar-refractivity contribution >= 4 is 28.8 Å². The van der Waals surface area contributed by atoms with E-state index in [1.807, 2.05) is 0 Å². The molecule has 2 aromatic carbocycles. The highest BCUT2D eigenvalue weighted by Gasteiger charge is 2.35. The quantitative estimate of drug-likeness (QED) is 0.264. The number of nitrogens with zero attached hydrogens (tertiary/aromatic N) is 5. The number of carbonyl (C=O) groups excluding carboxylic acids is 1. The fourth-order valence-corrected chi connectivity index (χ4v) is 4.15. The number of halogens is 5. The molecule has 0 saturated carbocycles. The zero-order valence-electron chi connectivity index (χ0n) is 20.0. The van der Waals surface area contributed by atoms with E-state index in [9.17, 15) is 22.4 Å². The Hall–Kier alpha value is -4.25. The number of carbonyl (C=O) groups is 1. The summed E-state index contributed by atoms with van der Waals surface area (Å²) in [6.45, 7) is 3.77. The molecule has 0 bridgehead atoms. The molecule has 3 aromatic heterocycles. The second-order valence-electron chi connectivity index (χ2n) is 8.61. The first kappa shape index (κ1) is 25.4. The van der Waals surface area contributed by atoms with Crippen molar-refractivity contribution in [2.75, 3.05) is 5.32 Å². The molecule has 0 saturated heterocycles. The molecule has 0 aliphatic heterocycles. The summed E-state index contributed by atoms with van der Waals surface area (Å²) in [6, 6.07) is 14.2. The fourth-order valence-electron chi connectivity index (χ4n) is 4.03. The molecule has 0 radical (unpaired) electrons. The molecular weight excluding hydrogens is 524 g/mol. The van der Waals surface area contributed by atoms with Crippen LogP contribution < -0.4 is 5.32 Å². The topological polar surface area (TPSA) is 77.1 Å². The third-order valence-corrected chi connectivity index (χ3v) is 6.21. The molecule has 0 aliphatic rings. The Morgan fingerprint density at radius 1 is 1.00 bits per heavy atom. The Morgan fingerprint density at radius 3 is 2.34 bits per heavy atom. The van der Waals surface area contributed by atoms with Crippen LogP contribution in [0, 0.1) is 19.7 Å². The number of rotatable bonds is 5. The average Bonchev–Trinajstić information content (AvgIpc) is 3.41. The molecule has 0 atom stereocenters. The van der Waals surface area contributed by atoms with Crippen LogP contribution in [0.15, 0.2) is 60.7 Å². The van der Waals surface area contributed by atoms with E-state index in [4.69, 9.17) is 11.6 Å². The molecule has 3 heterocycles. The summed E-state index contributed by atoms with van der Waals surface area (Å²) in [4.78, 5) is 17.3. The van der Waals surface area contributed by atoms with Gasteiger partial charge in [-0.2, -0.15) is 23.4 Å². The Balaban J connectivity index is 1.47. The van der Waals surface area contributed by atoms with E-state index in [0.29, 0.717) is 38.7 Å². The molecule has 38 heavy (non-hydrogen) atoms. The number of nitrogens with one attached hydrogen (secondary N) is 1. The van der Waals surface area contributed by atoms with Gasteiger partial charge < -0.3 is 5.32 Å². The van der Waals surface area contributed by atoms with E-state index < -0.39 is 17.8 Å². The summed E-state index contributed by atoms with van der Waals surface area (Å²) in [5.41, 5.74) is 1.33. The van der Waals surface area contributed by atoms with Gasteiger partial charge in [-0.25, -0.2) is 13.9 Å². The first-order valence-electron chi connectivity index (χ1n) is 11.3. The Labute approximate surface area is 218 Å². The van der Waals surface area contributed by atoms with Crippen molar-refractivity contribution in [3.05, 3.63) is 99.8 Å². The van der Waals surface area contributed by atoms with Crippen LogP contribution in [0.1, 0.15) is 33.1 Å². The molecule has 1 N–H and O–H groups in total. The Kier molecular flexibility index (Phi) is 6.39. The van der Waals surface area contributed by atoms with Crippen molar-refractivity contribution in [3.8, 4) is 11.3 Å². The van der Waals surface area contributed by atoms with Crippen LogP contribution in [-0.2, 0) is 12.7 Å². The molecule has 194 valence electrons. The van der Waals surface area contributed by atoms with E-state index in [-0.39, 0.29) is 22.9 Å². The molecule has 0 spiro atoms. The Morgan fingerprint density at radius 2 is 1.68 bits per heavy atom. The number of hydrogen-bond acceptors (Lipinski definition) is 4. The second-order valence-corrected chi connectivity index (χ2v) is 9.05. The minimum Gasteiger partial charge on any atom is -0.317 e. The lowest BCUT2D eigenvalue weighted by Gasteiger charge is -2.11. The van der Waals surface area contributed by atoms with Crippen LogP contribution >= 0.6 is 11.6 Å². The molecule has 12 heteroatoms. The molecule has 0 aliphatic carbocycles. The summed E-state index contributed by atoms with van der Waals surface area (Å²) >= 11 is 5.89. The highest BCUT2D eigenvalue weighted by Crippen LogP contribution is 2.33. The molecule has 5 rings (SSSR count). The van der Waals surface area contributed by atoms with E-state index in [1.54, 1.807) is 54.9 Å². The van der Waals surface area contributed by atoms with Gasteiger partial charge in [0.15, 0.2) is 17.0 Å². The third-order valence-electron chi connectivity index (χ3n) is 5.96. The molecule has 7 nitrogen and oxygen atoms in total. The van der Waals surface area contributed by atoms with Crippen LogP contribution in [0.5, 0.6) is 0 Å². The Bertz CT molecular complexity index is 1660. The lowest BCUT2D eigenvalue weighted by molar-refractivity contribution is -0.142. The number of aryl methyl sites for hydroxylation is 1. The van der Waals surface area contributed by atoms with Gasteiger partial charge in [0.05, 0.1) is 29.3 Å². The highest BCUT2D eigenvalue weighted by molar-refractivity contribution is 6.30. The maximum absolute atomic E-state index is 13.9. The summed E-state index contributed by atoms with van der Waals surface area (Å²) in [7, 11) is 0. The molecule has 5 aromatic rings. The van der Waals surface area contributed by atoms with E-state index in [1.165, 1.54) is 18.2 Å². The lowest BCUT2D eigenvalue weighted by atomic mass is 10.1. The minimum absolute atomic E-state index is 0.0575. The van der Waals surface area contributed by atoms with Gasteiger partial charge in [0.25, 0.3) is 5.91 Å². The SMILES string of the molecule is Cc1nn(Cc2ccc(F)cc2)c(C)c1NC(=O)c1cc2nc(-c3ccc(Cl)cc3)cc(C(F)(F)F)n2n1. The highest BCUT2D eigenvalue weighted by atomic mass is 35.5. The van der Waals surface area contributed by atoms with Gasteiger partial charge in [0, 0.05) is 16.7 Å². The van der Waals surface area contributed by atoms with Crippen molar-refractivity contribution in [3.63, 3.8) is 0 Å². The number of benzene rings is 2. The molecular formula is C26H19ClF4N6O. The maximum Gasteiger partial charge on any atom is 0.433 e. The van der Waals surface area contributed by atoms with Gasteiger partial charge in [-0.1, -0.05) is 35.9 Å². The van der Waals surface area contributed by atoms with Crippen LogP contribution in [0.4, 0.5) is 23.2 Å². The van der Waals surface area contributed by atoms with Gasteiger partial charge in [0.2, 0.25) is 0 Å². The van der Waals surface area contributed by atoms with Crippen molar-refractivity contribution < 1.29 is 22.4 Å². The van der Waals surface area contributed by atoms with Gasteiger partial charge in [-0.3, -0.25) is 9.48 Å². The van der Waals surface area contributed by atoms with Crippen LogP contribution in [0.3, 0.4) is 0 Å². The number of aromatic nitrogens is 5.